The number of nitrogens with zero attached hydrogens (tertiary/aromatic N) is 1. The van der Waals surface area contributed by atoms with Crippen molar-refractivity contribution in [1.82, 2.24) is 4.90 Å². The molecule has 2 N–H and O–H groups in total. The van der Waals surface area contributed by atoms with Crippen molar-refractivity contribution in [3.8, 4) is 0 Å². The molecule has 1 heterocycles. The van der Waals surface area contributed by atoms with Crippen LogP contribution in [0.2, 0.25) is 0 Å². The Labute approximate surface area is 110 Å². The highest BCUT2D eigenvalue weighted by Gasteiger charge is 2.43. The van der Waals surface area contributed by atoms with Crippen molar-refractivity contribution in [3.05, 3.63) is 35.4 Å². The molecule has 1 amide bonds. The fourth-order valence-corrected chi connectivity index (χ4v) is 2.84. The van der Waals surface area contributed by atoms with Crippen molar-refractivity contribution in [1.29, 1.82) is 0 Å². The number of benzene rings is 1. The Balaban J connectivity index is 2.00. The van der Waals surface area contributed by atoms with Gasteiger partial charge in [-0.1, -0.05) is 6.07 Å². The van der Waals surface area contributed by atoms with Gasteiger partial charge in [-0.3, -0.25) is 4.79 Å². The third-order valence-electron chi connectivity index (χ3n) is 3.91. The standard InChI is InChI=1S/C14H16F2N2O/c15-8-1-4-10(11(16)7-8)14-12(17)5-6-13(19)18(14)9-2-3-9/h1,4,7,9,12,14H,2-3,5-6,17H2. The Morgan fingerprint density at radius 2 is 1.95 bits per heavy atom. The predicted molar refractivity (Wildman–Crippen MR) is 66.2 cm³/mol. The van der Waals surface area contributed by atoms with Crippen molar-refractivity contribution >= 4 is 5.91 Å². The molecule has 2 aliphatic rings. The van der Waals surface area contributed by atoms with Gasteiger partial charge < -0.3 is 10.6 Å². The molecule has 102 valence electrons. The highest BCUT2D eigenvalue weighted by molar-refractivity contribution is 5.78. The molecule has 1 aromatic carbocycles. The van der Waals surface area contributed by atoms with E-state index in [0.717, 1.165) is 18.9 Å². The first-order valence-corrected chi connectivity index (χ1v) is 6.59. The number of hydrogen-bond acceptors (Lipinski definition) is 2. The Hall–Kier alpha value is -1.49. The summed E-state index contributed by atoms with van der Waals surface area (Å²) in [5.41, 5.74) is 6.41. The molecule has 1 aliphatic carbocycles. The monoisotopic (exact) mass is 266 g/mol. The Morgan fingerprint density at radius 1 is 1.21 bits per heavy atom. The second-order valence-corrected chi connectivity index (χ2v) is 5.35. The van der Waals surface area contributed by atoms with E-state index in [-0.39, 0.29) is 18.0 Å². The minimum absolute atomic E-state index is 0.0259. The van der Waals surface area contributed by atoms with E-state index in [1.807, 2.05) is 0 Å². The zero-order chi connectivity index (χ0) is 13.6. The largest absolute Gasteiger partial charge is 0.331 e. The van der Waals surface area contributed by atoms with Crippen LogP contribution in [0.25, 0.3) is 0 Å². The first-order chi connectivity index (χ1) is 9.08. The van der Waals surface area contributed by atoms with Crippen LogP contribution < -0.4 is 5.73 Å². The molecule has 1 aliphatic heterocycles. The van der Waals surface area contributed by atoms with Crippen LogP contribution in [0, 0.1) is 11.6 Å². The number of likely N-dealkylation sites (tertiary alicyclic amines) is 1. The minimum Gasteiger partial charge on any atom is -0.331 e. The van der Waals surface area contributed by atoms with Crippen molar-refractivity contribution < 1.29 is 13.6 Å². The van der Waals surface area contributed by atoms with E-state index in [2.05, 4.69) is 0 Å². The molecule has 2 unspecified atom stereocenters. The Kier molecular flexibility index (Phi) is 3.01. The van der Waals surface area contributed by atoms with E-state index >= 15 is 0 Å². The van der Waals surface area contributed by atoms with Gasteiger partial charge in [-0.2, -0.15) is 0 Å². The lowest BCUT2D eigenvalue weighted by molar-refractivity contribution is -0.138. The summed E-state index contributed by atoms with van der Waals surface area (Å²) in [7, 11) is 0. The molecular weight excluding hydrogens is 250 g/mol. The number of carbonyl (C=O) groups excluding carboxylic acids is 1. The normalized spacial score (nSPS) is 27.7. The van der Waals surface area contributed by atoms with Gasteiger partial charge in [-0.25, -0.2) is 8.78 Å². The van der Waals surface area contributed by atoms with Crippen molar-refractivity contribution in [2.45, 2.75) is 43.8 Å². The van der Waals surface area contributed by atoms with E-state index in [1.165, 1.54) is 12.1 Å². The SMILES string of the molecule is NC1CCC(=O)N(C2CC2)C1c1ccc(F)cc1F. The van der Waals surface area contributed by atoms with Crippen LogP contribution >= 0.6 is 0 Å². The molecule has 2 fully saturated rings. The molecule has 0 aromatic heterocycles. The molecule has 0 radical (unpaired) electrons. The lowest BCUT2D eigenvalue weighted by atomic mass is 9.90. The van der Waals surface area contributed by atoms with Crippen LogP contribution in [0.15, 0.2) is 18.2 Å². The number of rotatable bonds is 2. The number of piperidine rings is 1. The maximum atomic E-state index is 14.0. The predicted octanol–water partition coefficient (Wildman–Crippen LogP) is 2.12. The van der Waals surface area contributed by atoms with Crippen LogP contribution in [0.1, 0.15) is 37.3 Å². The Bertz CT molecular complexity index is 516. The van der Waals surface area contributed by atoms with Gasteiger partial charge in [-0.05, 0) is 25.3 Å². The van der Waals surface area contributed by atoms with Crippen molar-refractivity contribution in [3.63, 3.8) is 0 Å². The first-order valence-electron chi connectivity index (χ1n) is 6.59. The zero-order valence-electron chi connectivity index (χ0n) is 10.5. The fourth-order valence-electron chi connectivity index (χ4n) is 2.84. The average molecular weight is 266 g/mol. The maximum Gasteiger partial charge on any atom is 0.223 e. The van der Waals surface area contributed by atoms with Crippen molar-refractivity contribution in [2.24, 2.45) is 5.73 Å². The minimum atomic E-state index is -0.624. The quantitative estimate of drug-likeness (QED) is 0.891. The first kappa shape index (κ1) is 12.5. The third kappa shape index (κ3) is 2.23. The summed E-state index contributed by atoms with van der Waals surface area (Å²) in [6.45, 7) is 0. The van der Waals surface area contributed by atoms with E-state index in [9.17, 15) is 13.6 Å². The topological polar surface area (TPSA) is 46.3 Å². The molecular formula is C14H16F2N2O. The molecule has 3 nitrogen and oxygen atoms in total. The number of amides is 1. The van der Waals surface area contributed by atoms with Crippen LogP contribution in [-0.2, 0) is 4.79 Å². The molecule has 0 spiro atoms. The fraction of sp³-hybridized carbons (Fsp3) is 0.500. The summed E-state index contributed by atoms with van der Waals surface area (Å²) >= 11 is 0. The molecule has 5 heteroatoms. The third-order valence-corrected chi connectivity index (χ3v) is 3.91. The van der Waals surface area contributed by atoms with Gasteiger partial charge >= 0.3 is 0 Å². The summed E-state index contributed by atoms with van der Waals surface area (Å²) in [5.74, 6) is -1.21. The lowest BCUT2D eigenvalue weighted by Crippen LogP contribution is -2.50. The van der Waals surface area contributed by atoms with Gasteiger partial charge in [0, 0.05) is 30.1 Å². The van der Waals surface area contributed by atoms with Gasteiger partial charge in [-0.15, -0.1) is 0 Å². The second kappa shape index (κ2) is 4.56. The number of hydrogen-bond donors (Lipinski definition) is 1. The molecule has 1 aromatic rings. The number of carbonyl (C=O) groups is 1. The second-order valence-electron chi connectivity index (χ2n) is 5.35. The summed E-state index contributed by atoms with van der Waals surface area (Å²) < 4.78 is 27.0. The van der Waals surface area contributed by atoms with Crippen LogP contribution in [0.3, 0.4) is 0 Å². The van der Waals surface area contributed by atoms with Crippen molar-refractivity contribution in [2.75, 3.05) is 0 Å². The van der Waals surface area contributed by atoms with Crippen LogP contribution in [-0.4, -0.2) is 22.9 Å². The van der Waals surface area contributed by atoms with E-state index in [1.54, 1.807) is 4.90 Å². The maximum absolute atomic E-state index is 14.0. The lowest BCUT2D eigenvalue weighted by Gasteiger charge is -2.40. The highest BCUT2D eigenvalue weighted by Crippen LogP contribution is 2.40. The molecule has 2 atom stereocenters. The average Bonchev–Trinajstić information content (AvgIpc) is 3.17. The summed E-state index contributed by atoms with van der Waals surface area (Å²) in [5, 5.41) is 0. The number of nitrogens with two attached hydrogens (primary N) is 1. The molecule has 0 bridgehead atoms. The molecule has 1 saturated heterocycles. The van der Waals surface area contributed by atoms with Gasteiger partial charge in [0.05, 0.1) is 6.04 Å². The molecule has 19 heavy (non-hydrogen) atoms. The van der Waals surface area contributed by atoms with Gasteiger partial charge in [0.1, 0.15) is 11.6 Å². The molecule has 3 rings (SSSR count). The summed E-state index contributed by atoms with van der Waals surface area (Å²) in [6.07, 6.45) is 2.84. The highest BCUT2D eigenvalue weighted by atomic mass is 19.1. The number of halogens is 2. The van der Waals surface area contributed by atoms with E-state index < -0.39 is 17.7 Å². The molecule has 1 saturated carbocycles. The summed E-state index contributed by atoms with van der Waals surface area (Å²) in [4.78, 5) is 13.8. The Morgan fingerprint density at radius 3 is 2.58 bits per heavy atom. The van der Waals surface area contributed by atoms with Crippen LogP contribution in [0.5, 0.6) is 0 Å². The van der Waals surface area contributed by atoms with E-state index in [0.29, 0.717) is 18.4 Å². The summed E-state index contributed by atoms with van der Waals surface area (Å²) in [6, 6.07) is 2.89. The zero-order valence-corrected chi connectivity index (χ0v) is 10.5. The van der Waals surface area contributed by atoms with Gasteiger partial charge in [0.2, 0.25) is 5.91 Å². The smallest absolute Gasteiger partial charge is 0.223 e. The van der Waals surface area contributed by atoms with Gasteiger partial charge in [0.15, 0.2) is 0 Å². The van der Waals surface area contributed by atoms with E-state index in [4.69, 9.17) is 5.73 Å². The van der Waals surface area contributed by atoms with Crippen LogP contribution in [0.4, 0.5) is 8.78 Å². The van der Waals surface area contributed by atoms with Gasteiger partial charge in [0.25, 0.3) is 0 Å².